The molecule has 20 heavy (non-hydrogen) atoms. The van der Waals surface area contributed by atoms with E-state index in [4.69, 9.17) is 11.6 Å². The van der Waals surface area contributed by atoms with Gasteiger partial charge < -0.3 is 4.90 Å². The molecule has 1 aliphatic heterocycles. The van der Waals surface area contributed by atoms with Gasteiger partial charge in [0.25, 0.3) is 5.91 Å². The second-order valence-electron chi connectivity index (χ2n) is 5.50. The van der Waals surface area contributed by atoms with E-state index in [0.717, 1.165) is 25.8 Å². The van der Waals surface area contributed by atoms with Gasteiger partial charge in [0.15, 0.2) is 0 Å². The molecule has 0 aromatic heterocycles. The van der Waals surface area contributed by atoms with E-state index in [0.29, 0.717) is 17.5 Å². The molecule has 110 valence electrons. The second-order valence-corrected chi connectivity index (χ2v) is 5.94. The predicted octanol–water partition coefficient (Wildman–Crippen LogP) is 4.52. The molecule has 1 saturated heterocycles. The van der Waals surface area contributed by atoms with Crippen molar-refractivity contribution >= 4 is 17.5 Å². The first-order valence-electron chi connectivity index (χ1n) is 7.36. The van der Waals surface area contributed by atoms with E-state index in [9.17, 15) is 9.18 Å². The summed E-state index contributed by atoms with van der Waals surface area (Å²) in [4.78, 5) is 14.2. The molecule has 0 radical (unpaired) electrons. The van der Waals surface area contributed by atoms with Crippen LogP contribution in [0, 0.1) is 11.7 Å². The van der Waals surface area contributed by atoms with Crippen molar-refractivity contribution in [3.8, 4) is 0 Å². The van der Waals surface area contributed by atoms with Crippen LogP contribution in [-0.4, -0.2) is 23.9 Å². The number of rotatable bonds is 3. The van der Waals surface area contributed by atoms with Gasteiger partial charge in [-0.3, -0.25) is 4.79 Å². The molecule has 1 atom stereocenters. The van der Waals surface area contributed by atoms with Crippen molar-refractivity contribution in [1.82, 2.24) is 4.90 Å². The Balaban J connectivity index is 2.07. The summed E-state index contributed by atoms with van der Waals surface area (Å²) >= 11 is 5.86. The number of halogens is 2. The fraction of sp³-hybridized carbons (Fsp3) is 0.562. The molecule has 1 aromatic rings. The minimum atomic E-state index is -0.492. The Bertz CT molecular complexity index is 478. The summed E-state index contributed by atoms with van der Waals surface area (Å²) < 4.78 is 13.8. The van der Waals surface area contributed by atoms with Crippen LogP contribution < -0.4 is 0 Å². The Labute approximate surface area is 124 Å². The van der Waals surface area contributed by atoms with Crippen molar-refractivity contribution < 1.29 is 9.18 Å². The molecule has 1 aliphatic rings. The standard InChI is InChI=1S/C16H21ClFNO/c1-2-4-12-5-3-9-19(10-8-12)16(20)14-11-13(17)6-7-15(14)18/h6-7,11-12H,2-5,8-10H2,1H3. The zero-order chi connectivity index (χ0) is 14.5. The monoisotopic (exact) mass is 297 g/mol. The molecular weight excluding hydrogens is 277 g/mol. The summed E-state index contributed by atoms with van der Waals surface area (Å²) in [5.74, 6) is -0.0297. The van der Waals surface area contributed by atoms with E-state index in [1.54, 1.807) is 4.90 Å². The number of carbonyl (C=O) groups is 1. The number of hydrogen-bond acceptors (Lipinski definition) is 1. The lowest BCUT2D eigenvalue weighted by Gasteiger charge is -2.21. The number of carbonyl (C=O) groups excluding carboxylic acids is 1. The third-order valence-electron chi connectivity index (χ3n) is 3.99. The number of hydrogen-bond donors (Lipinski definition) is 0. The van der Waals surface area contributed by atoms with Gasteiger partial charge in [0.2, 0.25) is 0 Å². The summed E-state index contributed by atoms with van der Waals surface area (Å²) in [5, 5.41) is 0.397. The van der Waals surface area contributed by atoms with E-state index in [2.05, 4.69) is 6.92 Å². The van der Waals surface area contributed by atoms with E-state index < -0.39 is 5.82 Å². The van der Waals surface area contributed by atoms with Crippen LogP contribution in [0.2, 0.25) is 5.02 Å². The van der Waals surface area contributed by atoms with Gasteiger partial charge in [0, 0.05) is 18.1 Å². The zero-order valence-electron chi connectivity index (χ0n) is 11.9. The largest absolute Gasteiger partial charge is 0.339 e. The molecule has 2 nitrogen and oxygen atoms in total. The Morgan fingerprint density at radius 3 is 2.95 bits per heavy atom. The Morgan fingerprint density at radius 2 is 2.20 bits per heavy atom. The number of likely N-dealkylation sites (tertiary alicyclic amines) is 1. The zero-order valence-corrected chi connectivity index (χ0v) is 12.6. The lowest BCUT2D eigenvalue weighted by Crippen LogP contribution is -2.32. The number of benzene rings is 1. The van der Waals surface area contributed by atoms with Gasteiger partial charge in [0.05, 0.1) is 5.56 Å². The molecule has 1 aromatic carbocycles. The highest BCUT2D eigenvalue weighted by molar-refractivity contribution is 6.31. The third kappa shape index (κ3) is 3.72. The van der Waals surface area contributed by atoms with Gasteiger partial charge >= 0.3 is 0 Å². The first kappa shape index (κ1) is 15.3. The lowest BCUT2D eigenvalue weighted by atomic mass is 9.96. The normalized spacial score (nSPS) is 19.8. The SMILES string of the molecule is CCCC1CCCN(C(=O)c2cc(Cl)ccc2F)CC1. The quantitative estimate of drug-likeness (QED) is 0.803. The summed E-state index contributed by atoms with van der Waals surface area (Å²) in [5.41, 5.74) is 0.0893. The van der Waals surface area contributed by atoms with Crippen LogP contribution in [0.3, 0.4) is 0 Å². The van der Waals surface area contributed by atoms with Crippen molar-refractivity contribution in [1.29, 1.82) is 0 Å². The average molecular weight is 298 g/mol. The molecular formula is C16H21ClFNO. The fourth-order valence-electron chi connectivity index (χ4n) is 2.90. The highest BCUT2D eigenvalue weighted by Crippen LogP contribution is 2.24. The van der Waals surface area contributed by atoms with Crippen LogP contribution in [0.1, 0.15) is 49.4 Å². The Hall–Kier alpha value is -1.09. The molecule has 0 bridgehead atoms. The Kier molecular flexibility index (Phi) is 5.41. The summed E-state index contributed by atoms with van der Waals surface area (Å²) in [7, 11) is 0. The van der Waals surface area contributed by atoms with Crippen molar-refractivity contribution in [2.75, 3.05) is 13.1 Å². The Morgan fingerprint density at radius 1 is 1.40 bits per heavy atom. The molecule has 1 fully saturated rings. The summed E-state index contributed by atoms with van der Waals surface area (Å²) in [6.45, 7) is 3.62. The molecule has 1 amide bonds. The molecule has 0 saturated carbocycles. The summed E-state index contributed by atoms with van der Waals surface area (Å²) in [6, 6.07) is 4.15. The first-order chi connectivity index (χ1) is 9.61. The second kappa shape index (κ2) is 7.07. The first-order valence-corrected chi connectivity index (χ1v) is 7.74. The van der Waals surface area contributed by atoms with Gasteiger partial charge in [0.1, 0.15) is 5.82 Å². The van der Waals surface area contributed by atoms with Crippen molar-refractivity contribution in [3.05, 3.63) is 34.6 Å². The van der Waals surface area contributed by atoms with Crippen molar-refractivity contribution in [2.24, 2.45) is 5.92 Å². The molecule has 1 unspecified atom stereocenters. The van der Waals surface area contributed by atoms with Crippen LogP contribution in [-0.2, 0) is 0 Å². The molecule has 0 spiro atoms. The van der Waals surface area contributed by atoms with E-state index >= 15 is 0 Å². The van der Waals surface area contributed by atoms with E-state index in [1.165, 1.54) is 31.0 Å². The highest BCUT2D eigenvalue weighted by atomic mass is 35.5. The maximum atomic E-state index is 13.8. The number of nitrogens with zero attached hydrogens (tertiary/aromatic N) is 1. The van der Waals surface area contributed by atoms with Crippen molar-refractivity contribution in [3.63, 3.8) is 0 Å². The molecule has 0 aliphatic carbocycles. The molecule has 1 heterocycles. The molecule has 2 rings (SSSR count). The lowest BCUT2D eigenvalue weighted by molar-refractivity contribution is 0.0755. The third-order valence-corrected chi connectivity index (χ3v) is 4.23. The maximum Gasteiger partial charge on any atom is 0.256 e. The number of amides is 1. The predicted molar refractivity (Wildman–Crippen MR) is 79.6 cm³/mol. The van der Waals surface area contributed by atoms with Crippen molar-refractivity contribution in [2.45, 2.75) is 39.0 Å². The molecule has 4 heteroatoms. The van der Waals surface area contributed by atoms with Crippen LogP contribution in [0.15, 0.2) is 18.2 Å². The summed E-state index contributed by atoms with van der Waals surface area (Å²) in [6.07, 6.45) is 5.57. The maximum absolute atomic E-state index is 13.8. The van der Waals surface area contributed by atoms with E-state index in [1.807, 2.05) is 0 Å². The van der Waals surface area contributed by atoms with Crippen LogP contribution >= 0.6 is 11.6 Å². The molecule has 0 N–H and O–H groups in total. The van der Waals surface area contributed by atoms with E-state index in [-0.39, 0.29) is 11.5 Å². The smallest absolute Gasteiger partial charge is 0.256 e. The highest BCUT2D eigenvalue weighted by Gasteiger charge is 2.23. The minimum Gasteiger partial charge on any atom is -0.339 e. The van der Waals surface area contributed by atoms with Gasteiger partial charge in [-0.15, -0.1) is 0 Å². The fourth-order valence-corrected chi connectivity index (χ4v) is 3.07. The van der Waals surface area contributed by atoms with Gasteiger partial charge in [-0.25, -0.2) is 4.39 Å². The minimum absolute atomic E-state index is 0.0893. The topological polar surface area (TPSA) is 20.3 Å². The van der Waals surface area contributed by atoms with Crippen LogP contribution in [0.25, 0.3) is 0 Å². The van der Waals surface area contributed by atoms with Gasteiger partial charge in [-0.05, 0) is 43.4 Å². The van der Waals surface area contributed by atoms with Crippen LogP contribution in [0.5, 0.6) is 0 Å². The van der Waals surface area contributed by atoms with Gasteiger partial charge in [-0.1, -0.05) is 31.4 Å². The van der Waals surface area contributed by atoms with Gasteiger partial charge in [-0.2, -0.15) is 0 Å². The average Bonchev–Trinajstić information content (AvgIpc) is 2.67. The van der Waals surface area contributed by atoms with Crippen LogP contribution in [0.4, 0.5) is 4.39 Å².